The summed E-state index contributed by atoms with van der Waals surface area (Å²) in [6.45, 7) is 3.70. The minimum atomic E-state index is -0.814. The van der Waals surface area contributed by atoms with Gasteiger partial charge in [-0.1, -0.05) is 60.7 Å². The number of aliphatic hydroxyl groups excluding tert-OH is 1. The Kier molecular flexibility index (Phi) is 7.07. The van der Waals surface area contributed by atoms with Gasteiger partial charge in [0.05, 0.1) is 19.3 Å². The predicted octanol–water partition coefficient (Wildman–Crippen LogP) is 2.74. The number of ether oxygens (including phenoxy) is 5. The van der Waals surface area contributed by atoms with E-state index in [1.165, 1.54) is 0 Å². The van der Waals surface area contributed by atoms with E-state index < -0.39 is 42.5 Å². The van der Waals surface area contributed by atoms with E-state index in [0.717, 1.165) is 11.1 Å². The van der Waals surface area contributed by atoms with E-state index in [2.05, 4.69) is 5.32 Å². The molecule has 0 unspecified atom stereocenters. The van der Waals surface area contributed by atoms with Gasteiger partial charge >= 0.3 is 6.09 Å². The molecule has 0 spiro atoms. The number of carbonyl (C=O) groups excluding carboxylic acids is 1. The molecule has 0 aliphatic carbocycles. The average molecular weight is 443 g/mol. The lowest BCUT2D eigenvalue weighted by atomic mass is 10.0. The number of hydrogen-bond acceptors (Lipinski definition) is 7. The highest BCUT2D eigenvalue weighted by atomic mass is 16.8. The summed E-state index contributed by atoms with van der Waals surface area (Å²) >= 11 is 0. The van der Waals surface area contributed by atoms with E-state index >= 15 is 0 Å². The first kappa shape index (κ1) is 22.7. The zero-order valence-corrected chi connectivity index (χ0v) is 18.2. The van der Waals surface area contributed by atoms with Crippen molar-refractivity contribution < 1.29 is 33.6 Å². The van der Waals surface area contributed by atoms with Crippen LogP contribution in [0.5, 0.6) is 0 Å². The molecule has 2 aromatic rings. The molecule has 2 saturated heterocycles. The quantitative estimate of drug-likeness (QED) is 0.648. The summed E-state index contributed by atoms with van der Waals surface area (Å²) in [6, 6.07) is 18.3. The lowest BCUT2D eigenvalue weighted by molar-refractivity contribution is -0.223. The number of amides is 1. The molecule has 8 heteroatoms. The fraction of sp³-hybridized carbons (Fsp3) is 0.458. The van der Waals surface area contributed by atoms with Crippen molar-refractivity contribution in [1.29, 1.82) is 0 Å². The van der Waals surface area contributed by atoms with Crippen molar-refractivity contribution in [1.82, 2.24) is 5.32 Å². The first-order valence-corrected chi connectivity index (χ1v) is 10.7. The summed E-state index contributed by atoms with van der Waals surface area (Å²) in [4.78, 5) is 12.4. The maximum atomic E-state index is 12.4. The van der Waals surface area contributed by atoms with E-state index in [-0.39, 0.29) is 13.2 Å². The fourth-order valence-electron chi connectivity index (χ4n) is 3.93. The van der Waals surface area contributed by atoms with Gasteiger partial charge in [-0.3, -0.25) is 0 Å². The van der Waals surface area contributed by atoms with Gasteiger partial charge in [0.25, 0.3) is 0 Å². The fourth-order valence-corrected chi connectivity index (χ4v) is 3.93. The standard InChI is InChI=1S/C24H29NO7/c1-24(2)31-21-20(28-14-16-9-5-3-6-10-16)19(30-22(21)32-24)18(13-26)25-23(27)29-15-17-11-7-4-8-12-17/h3-12,18-22,26H,13-15H2,1-2H3,(H,25,27)/t18-,19+,20-,21+,22+/m0/s1. The summed E-state index contributed by atoms with van der Waals surface area (Å²) in [5.74, 6) is -0.814. The molecule has 2 fully saturated rings. The smallest absolute Gasteiger partial charge is 0.407 e. The molecule has 8 nitrogen and oxygen atoms in total. The average Bonchev–Trinajstić information content (AvgIpc) is 3.27. The molecular weight excluding hydrogens is 414 g/mol. The van der Waals surface area contributed by atoms with Crippen molar-refractivity contribution in [2.45, 2.75) is 63.5 Å². The molecule has 32 heavy (non-hydrogen) atoms. The minimum Gasteiger partial charge on any atom is -0.445 e. The van der Waals surface area contributed by atoms with Crippen LogP contribution in [-0.4, -0.2) is 54.2 Å². The first-order valence-electron chi connectivity index (χ1n) is 10.7. The van der Waals surface area contributed by atoms with Crippen LogP contribution in [0.1, 0.15) is 25.0 Å². The number of benzene rings is 2. The topological polar surface area (TPSA) is 95.5 Å². The number of fused-ring (bicyclic) bond motifs is 1. The Labute approximate surface area is 187 Å². The summed E-state index contributed by atoms with van der Waals surface area (Å²) < 4.78 is 29.3. The number of carbonyl (C=O) groups is 1. The molecule has 2 aliphatic rings. The highest BCUT2D eigenvalue weighted by Gasteiger charge is 2.57. The van der Waals surface area contributed by atoms with Gasteiger partial charge in [0.2, 0.25) is 0 Å². The summed E-state index contributed by atoms with van der Waals surface area (Å²) in [5.41, 5.74) is 1.85. The normalized spacial score (nSPS) is 27.0. The van der Waals surface area contributed by atoms with E-state index in [4.69, 9.17) is 23.7 Å². The largest absolute Gasteiger partial charge is 0.445 e. The van der Waals surface area contributed by atoms with Crippen LogP contribution >= 0.6 is 0 Å². The molecule has 2 aromatic carbocycles. The van der Waals surface area contributed by atoms with Crippen LogP contribution in [0.25, 0.3) is 0 Å². The van der Waals surface area contributed by atoms with Gasteiger partial charge in [0.1, 0.15) is 24.9 Å². The summed E-state index contributed by atoms with van der Waals surface area (Å²) in [5, 5.41) is 12.7. The van der Waals surface area contributed by atoms with Crippen molar-refractivity contribution in [2.75, 3.05) is 6.61 Å². The van der Waals surface area contributed by atoms with E-state index in [0.29, 0.717) is 6.61 Å². The molecule has 4 rings (SSSR count). The predicted molar refractivity (Wildman–Crippen MR) is 114 cm³/mol. The molecule has 172 valence electrons. The SMILES string of the molecule is CC1(C)O[C@H]2O[C@H]([C@H](CO)NC(=O)OCc3ccccc3)[C@H](OCc3ccccc3)[C@H]2O1. The highest BCUT2D eigenvalue weighted by Crippen LogP contribution is 2.40. The molecule has 2 aliphatic heterocycles. The van der Waals surface area contributed by atoms with Gasteiger partial charge in [0, 0.05) is 0 Å². The van der Waals surface area contributed by atoms with Crippen molar-refractivity contribution >= 4 is 6.09 Å². The zero-order chi connectivity index (χ0) is 22.6. The third-order valence-electron chi connectivity index (χ3n) is 5.42. The molecular formula is C24H29NO7. The van der Waals surface area contributed by atoms with Crippen LogP contribution < -0.4 is 5.32 Å². The molecule has 0 saturated carbocycles. The maximum absolute atomic E-state index is 12.4. The Morgan fingerprint density at radius 3 is 2.28 bits per heavy atom. The monoisotopic (exact) mass is 443 g/mol. The number of hydrogen-bond donors (Lipinski definition) is 2. The second-order valence-electron chi connectivity index (χ2n) is 8.33. The van der Waals surface area contributed by atoms with Gasteiger partial charge in [0.15, 0.2) is 12.1 Å². The Morgan fingerprint density at radius 2 is 1.66 bits per heavy atom. The Balaban J connectivity index is 1.41. The lowest BCUT2D eigenvalue weighted by Crippen LogP contribution is -2.52. The van der Waals surface area contributed by atoms with Crippen molar-refractivity contribution in [3.8, 4) is 0 Å². The van der Waals surface area contributed by atoms with Gasteiger partial charge in [-0.05, 0) is 25.0 Å². The van der Waals surface area contributed by atoms with E-state index in [9.17, 15) is 9.90 Å². The molecule has 0 radical (unpaired) electrons. The molecule has 0 aromatic heterocycles. The third-order valence-corrected chi connectivity index (χ3v) is 5.42. The second-order valence-corrected chi connectivity index (χ2v) is 8.33. The van der Waals surface area contributed by atoms with Crippen LogP contribution in [0.2, 0.25) is 0 Å². The van der Waals surface area contributed by atoms with Crippen LogP contribution in [0, 0.1) is 0 Å². The van der Waals surface area contributed by atoms with Crippen LogP contribution in [0.3, 0.4) is 0 Å². The lowest BCUT2D eigenvalue weighted by Gasteiger charge is -2.30. The van der Waals surface area contributed by atoms with Crippen molar-refractivity contribution in [3.63, 3.8) is 0 Å². The Hall–Kier alpha value is -2.49. The number of alkyl carbamates (subject to hydrolysis) is 1. The molecule has 2 heterocycles. The summed E-state index contributed by atoms with van der Waals surface area (Å²) in [6.07, 6.45) is -3.05. The Morgan fingerprint density at radius 1 is 1.03 bits per heavy atom. The van der Waals surface area contributed by atoms with Crippen molar-refractivity contribution in [2.24, 2.45) is 0 Å². The van der Waals surface area contributed by atoms with Crippen LogP contribution in [0.4, 0.5) is 4.79 Å². The number of rotatable bonds is 8. The molecule has 5 atom stereocenters. The van der Waals surface area contributed by atoms with Crippen molar-refractivity contribution in [3.05, 3.63) is 71.8 Å². The number of aliphatic hydroxyl groups is 1. The Bertz CT molecular complexity index is 876. The summed E-state index contributed by atoms with van der Waals surface area (Å²) in [7, 11) is 0. The molecule has 0 bridgehead atoms. The second kappa shape index (κ2) is 9.97. The van der Waals surface area contributed by atoms with Gasteiger partial charge in [-0.2, -0.15) is 0 Å². The maximum Gasteiger partial charge on any atom is 0.407 e. The first-order chi connectivity index (χ1) is 15.4. The van der Waals surface area contributed by atoms with Gasteiger partial charge < -0.3 is 34.1 Å². The third kappa shape index (κ3) is 5.46. The van der Waals surface area contributed by atoms with Crippen LogP contribution in [0.15, 0.2) is 60.7 Å². The highest BCUT2D eigenvalue weighted by molar-refractivity contribution is 5.67. The van der Waals surface area contributed by atoms with E-state index in [1.807, 2.05) is 60.7 Å². The van der Waals surface area contributed by atoms with Gasteiger partial charge in [-0.25, -0.2) is 4.79 Å². The zero-order valence-electron chi connectivity index (χ0n) is 18.2. The van der Waals surface area contributed by atoms with E-state index in [1.54, 1.807) is 13.8 Å². The molecule has 1 amide bonds. The number of nitrogens with one attached hydrogen (secondary N) is 1. The van der Waals surface area contributed by atoms with Gasteiger partial charge in [-0.15, -0.1) is 0 Å². The van der Waals surface area contributed by atoms with Crippen LogP contribution in [-0.2, 0) is 36.9 Å². The minimum absolute atomic E-state index is 0.121. The molecule has 2 N–H and O–H groups in total.